The Morgan fingerprint density at radius 1 is 1.42 bits per heavy atom. The van der Waals surface area contributed by atoms with Crippen LogP contribution in [0.1, 0.15) is 39.5 Å². The fourth-order valence-electron chi connectivity index (χ4n) is 1.38. The molecular weight excluding hydrogens is 146 g/mol. The molecule has 12 heavy (non-hydrogen) atoms. The van der Waals surface area contributed by atoms with Gasteiger partial charge in [-0.1, -0.05) is 25.5 Å². The van der Waals surface area contributed by atoms with Gasteiger partial charge in [-0.2, -0.15) is 0 Å². The molecule has 0 aromatic rings. The quantitative estimate of drug-likeness (QED) is 0.456. The lowest BCUT2D eigenvalue weighted by atomic mass is 9.96. The molecule has 0 amide bonds. The molecule has 0 saturated heterocycles. The lowest BCUT2D eigenvalue weighted by molar-refractivity contribution is 0.454. The van der Waals surface area contributed by atoms with E-state index in [1.807, 2.05) is 7.05 Å². The summed E-state index contributed by atoms with van der Waals surface area (Å²) in [5.41, 5.74) is 0. The second-order valence-corrected chi connectivity index (χ2v) is 3.32. The van der Waals surface area contributed by atoms with Gasteiger partial charge in [0.05, 0.1) is 0 Å². The molecule has 1 N–H and O–H groups in total. The summed E-state index contributed by atoms with van der Waals surface area (Å²) in [5, 5.41) is 3.19. The van der Waals surface area contributed by atoms with Crippen molar-refractivity contribution in [3.05, 3.63) is 12.2 Å². The number of hydrogen-bond donors (Lipinski definition) is 1. The van der Waals surface area contributed by atoms with Crippen LogP contribution in [0.25, 0.3) is 0 Å². The van der Waals surface area contributed by atoms with Crippen molar-refractivity contribution in [1.82, 2.24) is 5.32 Å². The van der Waals surface area contributed by atoms with Crippen LogP contribution in [0.2, 0.25) is 0 Å². The molecule has 0 radical (unpaired) electrons. The minimum Gasteiger partial charge on any atom is -0.320 e. The smallest absolute Gasteiger partial charge is 0.00518 e. The van der Waals surface area contributed by atoms with Gasteiger partial charge in [-0.3, -0.25) is 0 Å². The van der Waals surface area contributed by atoms with Crippen molar-refractivity contribution >= 4 is 0 Å². The van der Waals surface area contributed by atoms with Gasteiger partial charge in [-0.05, 0) is 45.7 Å². The highest BCUT2D eigenvalue weighted by atomic mass is 14.8. The Balaban J connectivity index is 3.39. The number of allylic oxidation sites excluding steroid dienone is 2. The summed E-state index contributed by atoms with van der Waals surface area (Å²) in [6.07, 6.45) is 9.69. The molecule has 1 nitrogen and oxygen atoms in total. The molecule has 1 atom stereocenters. The van der Waals surface area contributed by atoms with Crippen LogP contribution < -0.4 is 5.32 Å². The normalized spacial score (nSPS) is 13.9. The third-order valence-corrected chi connectivity index (χ3v) is 2.32. The second kappa shape index (κ2) is 8.79. The maximum atomic E-state index is 3.19. The standard InChI is InChI=1S/C11H23N/c1-4-6-8-11(5-2)9-7-10-12-3/h4,6,11-12H,5,7-10H2,1-3H3/b6-4-. The van der Waals surface area contributed by atoms with Crippen molar-refractivity contribution in [1.29, 1.82) is 0 Å². The topological polar surface area (TPSA) is 12.0 Å². The maximum absolute atomic E-state index is 3.19. The van der Waals surface area contributed by atoms with Crippen molar-refractivity contribution in [3.63, 3.8) is 0 Å². The van der Waals surface area contributed by atoms with E-state index in [9.17, 15) is 0 Å². The summed E-state index contributed by atoms with van der Waals surface area (Å²) in [4.78, 5) is 0. The van der Waals surface area contributed by atoms with Crippen LogP contribution in [0, 0.1) is 5.92 Å². The minimum absolute atomic E-state index is 0.898. The largest absolute Gasteiger partial charge is 0.320 e. The first-order valence-electron chi connectivity index (χ1n) is 5.10. The number of nitrogens with one attached hydrogen (secondary N) is 1. The zero-order valence-electron chi connectivity index (χ0n) is 8.77. The number of hydrogen-bond acceptors (Lipinski definition) is 1. The molecule has 72 valence electrons. The third kappa shape index (κ3) is 6.41. The lowest BCUT2D eigenvalue weighted by Gasteiger charge is -2.11. The summed E-state index contributed by atoms with van der Waals surface area (Å²) in [6, 6.07) is 0. The van der Waals surface area contributed by atoms with E-state index in [1.54, 1.807) is 0 Å². The van der Waals surface area contributed by atoms with E-state index in [2.05, 4.69) is 31.3 Å². The second-order valence-electron chi connectivity index (χ2n) is 3.32. The summed E-state index contributed by atoms with van der Waals surface area (Å²) in [7, 11) is 2.02. The molecule has 1 unspecified atom stereocenters. The molecule has 0 saturated carbocycles. The van der Waals surface area contributed by atoms with Gasteiger partial charge in [0.1, 0.15) is 0 Å². The van der Waals surface area contributed by atoms with Gasteiger partial charge < -0.3 is 5.32 Å². The average Bonchev–Trinajstić information content (AvgIpc) is 2.11. The Labute approximate surface area is 77.2 Å². The lowest BCUT2D eigenvalue weighted by Crippen LogP contribution is -2.09. The highest BCUT2D eigenvalue weighted by Crippen LogP contribution is 2.15. The molecule has 0 aliphatic rings. The molecule has 0 heterocycles. The van der Waals surface area contributed by atoms with Crippen LogP contribution in [0.15, 0.2) is 12.2 Å². The van der Waals surface area contributed by atoms with Gasteiger partial charge in [0.15, 0.2) is 0 Å². The van der Waals surface area contributed by atoms with Gasteiger partial charge >= 0.3 is 0 Å². The summed E-state index contributed by atoms with van der Waals surface area (Å²) in [5.74, 6) is 0.898. The summed E-state index contributed by atoms with van der Waals surface area (Å²) < 4.78 is 0. The van der Waals surface area contributed by atoms with E-state index in [1.165, 1.54) is 25.7 Å². The van der Waals surface area contributed by atoms with Gasteiger partial charge in [-0.15, -0.1) is 0 Å². The predicted octanol–water partition coefficient (Wildman–Crippen LogP) is 2.98. The third-order valence-electron chi connectivity index (χ3n) is 2.32. The van der Waals surface area contributed by atoms with Crippen LogP contribution in [-0.4, -0.2) is 13.6 Å². The summed E-state index contributed by atoms with van der Waals surface area (Å²) in [6.45, 7) is 5.54. The van der Waals surface area contributed by atoms with E-state index in [-0.39, 0.29) is 0 Å². The highest BCUT2D eigenvalue weighted by Gasteiger charge is 2.02. The zero-order chi connectivity index (χ0) is 9.23. The van der Waals surface area contributed by atoms with Crippen molar-refractivity contribution in [2.24, 2.45) is 5.92 Å². The van der Waals surface area contributed by atoms with E-state index >= 15 is 0 Å². The highest BCUT2D eigenvalue weighted by molar-refractivity contribution is 4.79. The van der Waals surface area contributed by atoms with E-state index in [0.717, 1.165) is 12.5 Å². The molecule has 0 aromatic carbocycles. The molecule has 0 aliphatic carbocycles. The maximum Gasteiger partial charge on any atom is -0.00518 e. The van der Waals surface area contributed by atoms with Crippen LogP contribution in [0.3, 0.4) is 0 Å². The predicted molar refractivity (Wildman–Crippen MR) is 56.4 cm³/mol. The SMILES string of the molecule is C/C=C\CC(CC)CCCNC. The molecule has 0 bridgehead atoms. The molecule has 0 aromatic heterocycles. The average molecular weight is 169 g/mol. The Morgan fingerprint density at radius 3 is 2.67 bits per heavy atom. The summed E-state index contributed by atoms with van der Waals surface area (Å²) >= 11 is 0. The monoisotopic (exact) mass is 169 g/mol. The molecule has 0 spiro atoms. The van der Waals surface area contributed by atoms with Crippen LogP contribution in [0.4, 0.5) is 0 Å². The van der Waals surface area contributed by atoms with Crippen LogP contribution in [-0.2, 0) is 0 Å². The fourth-order valence-corrected chi connectivity index (χ4v) is 1.38. The Hall–Kier alpha value is -0.300. The van der Waals surface area contributed by atoms with Crippen molar-refractivity contribution in [2.75, 3.05) is 13.6 Å². The molecule has 1 heteroatoms. The van der Waals surface area contributed by atoms with Gasteiger partial charge in [0, 0.05) is 0 Å². The van der Waals surface area contributed by atoms with E-state index in [4.69, 9.17) is 0 Å². The fraction of sp³-hybridized carbons (Fsp3) is 0.818. The Kier molecular flexibility index (Phi) is 8.57. The van der Waals surface area contributed by atoms with Crippen molar-refractivity contribution < 1.29 is 0 Å². The first-order valence-corrected chi connectivity index (χ1v) is 5.10. The van der Waals surface area contributed by atoms with Gasteiger partial charge in [0.25, 0.3) is 0 Å². The van der Waals surface area contributed by atoms with E-state index < -0.39 is 0 Å². The molecule has 0 rings (SSSR count). The first kappa shape index (κ1) is 11.7. The van der Waals surface area contributed by atoms with Crippen LogP contribution >= 0.6 is 0 Å². The molecular formula is C11H23N. The van der Waals surface area contributed by atoms with Crippen molar-refractivity contribution in [3.8, 4) is 0 Å². The molecule has 0 aliphatic heterocycles. The van der Waals surface area contributed by atoms with Crippen LogP contribution in [0.5, 0.6) is 0 Å². The first-order chi connectivity index (χ1) is 5.85. The zero-order valence-corrected chi connectivity index (χ0v) is 8.77. The van der Waals surface area contributed by atoms with Gasteiger partial charge in [0.2, 0.25) is 0 Å². The van der Waals surface area contributed by atoms with Gasteiger partial charge in [-0.25, -0.2) is 0 Å². The van der Waals surface area contributed by atoms with Crippen molar-refractivity contribution in [2.45, 2.75) is 39.5 Å². The minimum atomic E-state index is 0.898. The number of rotatable bonds is 7. The Bertz CT molecular complexity index is 108. The van der Waals surface area contributed by atoms with E-state index in [0.29, 0.717) is 0 Å². The Morgan fingerprint density at radius 2 is 2.17 bits per heavy atom. The molecule has 0 fully saturated rings.